The molecule has 5 rings (SSSR count). The summed E-state index contributed by atoms with van der Waals surface area (Å²) in [6.45, 7) is 10.3. The molecule has 0 aromatic carbocycles. The molecule has 0 saturated carbocycles. The summed E-state index contributed by atoms with van der Waals surface area (Å²) < 4.78 is 36.2. The fourth-order valence-corrected chi connectivity index (χ4v) is 6.94. The number of sulfone groups is 1. The highest BCUT2D eigenvalue weighted by molar-refractivity contribution is 7.89. The zero-order valence-electron chi connectivity index (χ0n) is 22.0. The molecule has 0 aliphatic carbocycles. The lowest BCUT2D eigenvalue weighted by Crippen LogP contribution is -2.37. The SMILES string of the molecule is COc1ncc(-c2nc(N3CCOCC3)nc3c(CN4CCC(C)CC4)c(C)sc23)cc1CS(C)(=O)=O. The van der Waals surface area contributed by atoms with Crippen LogP contribution >= 0.6 is 11.3 Å². The second-order valence-corrected chi connectivity index (χ2v) is 13.6. The smallest absolute Gasteiger partial charge is 0.226 e. The maximum atomic E-state index is 12.1. The summed E-state index contributed by atoms with van der Waals surface area (Å²) >= 11 is 1.70. The second kappa shape index (κ2) is 10.8. The highest BCUT2D eigenvalue weighted by Gasteiger charge is 2.25. The number of rotatable bonds is 7. The van der Waals surface area contributed by atoms with E-state index < -0.39 is 9.84 Å². The van der Waals surface area contributed by atoms with E-state index in [4.69, 9.17) is 19.4 Å². The fourth-order valence-electron chi connectivity index (χ4n) is 5.05. The summed E-state index contributed by atoms with van der Waals surface area (Å²) in [5.74, 6) is 1.62. The largest absolute Gasteiger partial charge is 0.481 e. The molecule has 0 unspecified atom stereocenters. The molecule has 11 heteroatoms. The molecule has 2 fully saturated rings. The summed E-state index contributed by atoms with van der Waals surface area (Å²) in [5.41, 5.74) is 4.31. The minimum atomic E-state index is -3.28. The van der Waals surface area contributed by atoms with Crippen molar-refractivity contribution in [2.45, 2.75) is 39.0 Å². The molecule has 3 aromatic rings. The molecule has 9 nitrogen and oxygen atoms in total. The van der Waals surface area contributed by atoms with Crippen LogP contribution in [0.2, 0.25) is 0 Å². The molecule has 200 valence electrons. The van der Waals surface area contributed by atoms with Crippen molar-refractivity contribution < 1.29 is 17.9 Å². The lowest BCUT2D eigenvalue weighted by atomic mass is 9.99. The lowest BCUT2D eigenvalue weighted by molar-refractivity contribution is 0.122. The van der Waals surface area contributed by atoms with Gasteiger partial charge in [-0.15, -0.1) is 11.3 Å². The monoisotopic (exact) mass is 545 g/mol. The molecule has 0 amide bonds. The molecule has 3 aromatic heterocycles. The van der Waals surface area contributed by atoms with E-state index in [0.29, 0.717) is 30.6 Å². The van der Waals surface area contributed by atoms with Crippen LogP contribution in [0.15, 0.2) is 12.3 Å². The van der Waals surface area contributed by atoms with E-state index >= 15 is 0 Å². The molecular weight excluding hydrogens is 510 g/mol. The number of aromatic nitrogens is 3. The maximum absolute atomic E-state index is 12.1. The Morgan fingerprint density at radius 1 is 1.16 bits per heavy atom. The Labute approximate surface area is 222 Å². The van der Waals surface area contributed by atoms with Gasteiger partial charge in [-0.3, -0.25) is 4.90 Å². The predicted molar refractivity (Wildman–Crippen MR) is 147 cm³/mol. The number of methoxy groups -OCH3 is 1. The van der Waals surface area contributed by atoms with Gasteiger partial charge in [0, 0.05) is 53.7 Å². The number of aryl methyl sites for hydroxylation is 1. The number of pyridine rings is 1. The predicted octanol–water partition coefficient (Wildman–Crippen LogP) is 3.68. The Balaban J connectivity index is 1.63. The zero-order chi connectivity index (χ0) is 26.2. The van der Waals surface area contributed by atoms with Crippen LogP contribution in [0.1, 0.15) is 35.8 Å². The van der Waals surface area contributed by atoms with Crippen LogP contribution in [0.5, 0.6) is 5.88 Å². The molecule has 37 heavy (non-hydrogen) atoms. The molecular formula is C26H35N5O4S2. The number of hydrogen-bond donors (Lipinski definition) is 0. The number of fused-ring (bicyclic) bond motifs is 1. The van der Waals surface area contributed by atoms with E-state index in [-0.39, 0.29) is 5.75 Å². The first kappa shape index (κ1) is 26.3. The third-order valence-electron chi connectivity index (χ3n) is 7.18. The first-order valence-corrected chi connectivity index (χ1v) is 15.7. The topological polar surface area (TPSA) is 97.8 Å². The van der Waals surface area contributed by atoms with Crippen LogP contribution in [0.4, 0.5) is 5.95 Å². The minimum Gasteiger partial charge on any atom is -0.481 e. The van der Waals surface area contributed by atoms with E-state index in [0.717, 1.165) is 60.1 Å². The van der Waals surface area contributed by atoms with Gasteiger partial charge in [0.1, 0.15) is 0 Å². The third kappa shape index (κ3) is 5.89. The Kier molecular flexibility index (Phi) is 7.67. The lowest BCUT2D eigenvalue weighted by Gasteiger charge is -2.30. The third-order valence-corrected chi connectivity index (χ3v) is 9.16. The summed E-state index contributed by atoms with van der Waals surface area (Å²) in [5, 5.41) is 0. The van der Waals surface area contributed by atoms with Crippen LogP contribution in [0.3, 0.4) is 0 Å². The van der Waals surface area contributed by atoms with Crippen molar-refractivity contribution in [2.75, 3.05) is 57.7 Å². The number of piperidine rings is 1. The van der Waals surface area contributed by atoms with Crippen LogP contribution < -0.4 is 9.64 Å². The van der Waals surface area contributed by atoms with Gasteiger partial charge in [-0.1, -0.05) is 6.92 Å². The normalized spacial score (nSPS) is 18.0. The number of morpholine rings is 1. The van der Waals surface area contributed by atoms with Gasteiger partial charge in [0.2, 0.25) is 11.8 Å². The molecule has 5 heterocycles. The van der Waals surface area contributed by atoms with E-state index in [1.807, 2.05) is 6.07 Å². The number of nitrogens with zero attached hydrogens (tertiary/aromatic N) is 5. The van der Waals surface area contributed by atoms with Crippen molar-refractivity contribution >= 4 is 37.3 Å². The van der Waals surface area contributed by atoms with Crippen molar-refractivity contribution in [3.63, 3.8) is 0 Å². The summed E-state index contributed by atoms with van der Waals surface area (Å²) in [4.78, 5) is 20.5. The summed E-state index contributed by atoms with van der Waals surface area (Å²) in [7, 11) is -1.77. The Morgan fingerprint density at radius 3 is 2.57 bits per heavy atom. The van der Waals surface area contributed by atoms with Gasteiger partial charge < -0.3 is 14.4 Å². The van der Waals surface area contributed by atoms with E-state index in [1.54, 1.807) is 17.5 Å². The fraction of sp³-hybridized carbons (Fsp3) is 0.577. The van der Waals surface area contributed by atoms with Gasteiger partial charge in [-0.2, -0.15) is 0 Å². The molecule has 2 aliphatic rings. The molecule has 0 bridgehead atoms. The van der Waals surface area contributed by atoms with Crippen LogP contribution in [0.25, 0.3) is 21.5 Å². The average Bonchev–Trinajstić information content (AvgIpc) is 3.19. The Morgan fingerprint density at radius 2 is 1.89 bits per heavy atom. The van der Waals surface area contributed by atoms with Crippen molar-refractivity contribution in [3.8, 4) is 17.1 Å². The highest BCUT2D eigenvalue weighted by atomic mass is 32.2. The van der Waals surface area contributed by atoms with Crippen molar-refractivity contribution in [3.05, 3.63) is 28.3 Å². The van der Waals surface area contributed by atoms with Gasteiger partial charge in [-0.25, -0.2) is 23.4 Å². The quantitative estimate of drug-likeness (QED) is 0.440. The van der Waals surface area contributed by atoms with Gasteiger partial charge in [0.05, 0.1) is 42.0 Å². The minimum absolute atomic E-state index is 0.149. The maximum Gasteiger partial charge on any atom is 0.226 e. The van der Waals surface area contributed by atoms with Crippen LogP contribution in [-0.2, 0) is 26.9 Å². The van der Waals surface area contributed by atoms with Crippen molar-refractivity contribution in [1.29, 1.82) is 0 Å². The molecule has 0 spiro atoms. The van der Waals surface area contributed by atoms with E-state index in [2.05, 4.69) is 28.6 Å². The number of ether oxygens (including phenoxy) is 2. The molecule has 0 radical (unpaired) electrons. The van der Waals surface area contributed by atoms with Gasteiger partial charge >= 0.3 is 0 Å². The van der Waals surface area contributed by atoms with E-state index in [1.165, 1.54) is 36.6 Å². The molecule has 2 saturated heterocycles. The van der Waals surface area contributed by atoms with Gasteiger partial charge in [0.25, 0.3) is 0 Å². The van der Waals surface area contributed by atoms with Crippen molar-refractivity contribution in [1.82, 2.24) is 19.9 Å². The summed E-state index contributed by atoms with van der Waals surface area (Å²) in [6, 6.07) is 1.85. The number of hydrogen-bond acceptors (Lipinski definition) is 10. The first-order chi connectivity index (χ1) is 17.7. The second-order valence-electron chi connectivity index (χ2n) is 10.2. The van der Waals surface area contributed by atoms with Crippen LogP contribution in [-0.4, -0.2) is 81.0 Å². The Bertz CT molecular complexity index is 1380. The number of likely N-dealkylation sites (tertiary alicyclic amines) is 1. The molecule has 2 aliphatic heterocycles. The molecule has 0 atom stereocenters. The molecule has 0 N–H and O–H groups in total. The highest BCUT2D eigenvalue weighted by Crippen LogP contribution is 2.39. The van der Waals surface area contributed by atoms with E-state index in [9.17, 15) is 8.42 Å². The average molecular weight is 546 g/mol. The van der Waals surface area contributed by atoms with Crippen molar-refractivity contribution in [2.24, 2.45) is 5.92 Å². The van der Waals surface area contributed by atoms with Crippen LogP contribution in [0, 0.1) is 12.8 Å². The Hall–Kier alpha value is -2.34. The standard InChI is InChI=1S/C26H35N5O4S2/c1-17-5-7-30(8-6-17)15-21-18(2)36-24-22(28-26(29-23(21)24)31-9-11-35-12-10-31)19-13-20(16-37(4,32)33)25(34-3)27-14-19/h13-14,17H,5-12,15-16H2,1-4H3. The first-order valence-electron chi connectivity index (χ1n) is 12.8. The van der Waals surface area contributed by atoms with Gasteiger partial charge in [0.15, 0.2) is 9.84 Å². The summed E-state index contributed by atoms with van der Waals surface area (Å²) in [6.07, 6.45) is 5.38. The number of anilines is 1. The number of thiophene rings is 1. The van der Waals surface area contributed by atoms with Gasteiger partial charge in [-0.05, 0) is 44.8 Å². The zero-order valence-corrected chi connectivity index (χ0v) is 23.6.